The second-order valence-corrected chi connectivity index (χ2v) is 6.83. The summed E-state index contributed by atoms with van der Waals surface area (Å²) in [5, 5.41) is 6.76. The standard InChI is InChI=1S/C23H20OS/c1-2-24-23-19(12-11-17-7-3-6-10-22(17)23)15-18-8-4-5-9-21(18)20-13-14-25-16-20/h3-14,16H,2,15H2,1H3. The Morgan fingerprint density at radius 2 is 1.68 bits per heavy atom. The summed E-state index contributed by atoms with van der Waals surface area (Å²) in [4.78, 5) is 0. The third kappa shape index (κ3) is 3.18. The number of hydrogen-bond donors (Lipinski definition) is 0. The van der Waals surface area contributed by atoms with Gasteiger partial charge in [-0.1, -0.05) is 60.7 Å². The molecule has 1 aromatic heterocycles. The van der Waals surface area contributed by atoms with Gasteiger partial charge in [-0.15, -0.1) is 0 Å². The molecule has 0 amide bonds. The minimum absolute atomic E-state index is 0.674. The number of fused-ring (bicyclic) bond motifs is 1. The van der Waals surface area contributed by atoms with E-state index < -0.39 is 0 Å². The van der Waals surface area contributed by atoms with Crippen LogP contribution in [0.25, 0.3) is 21.9 Å². The Bertz CT molecular complexity index is 986. The smallest absolute Gasteiger partial charge is 0.130 e. The Balaban J connectivity index is 1.81. The molecule has 25 heavy (non-hydrogen) atoms. The van der Waals surface area contributed by atoms with E-state index in [1.165, 1.54) is 33.0 Å². The van der Waals surface area contributed by atoms with Crippen molar-refractivity contribution < 1.29 is 4.74 Å². The van der Waals surface area contributed by atoms with E-state index in [1.807, 2.05) is 6.92 Å². The first-order chi connectivity index (χ1) is 12.4. The van der Waals surface area contributed by atoms with E-state index in [0.29, 0.717) is 6.61 Å². The molecule has 0 aliphatic carbocycles. The molecule has 0 unspecified atom stereocenters. The van der Waals surface area contributed by atoms with Crippen LogP contribution in [0.2, 0.25) is 0 Å². The Kier molecular flexibility index (Phi) is 4.53. The lowest BCUT2D eigenvalue weighted by atomic mass is 9.94. The quantitative estimate of drug-likeness (QED) is 0.398. The summed E-state index contributed by atoms with van der Waals surface area (Å²) in [6, 6.07) is 23.7. The van der Waals surface area contributed by atoms with E-state index in [0.717, 1.165) is 12.2 Å². The lowest BCUT2D eigenvalue weighted by molar-refractivity contribution is 0.341. The molecule has 1 nitrogen and oxygen atoms in total. The number of rotatable bonds is 5. The molecule has 0 saturated carbocycles. The molecule has 0 atom stereocenters. The summed E-state index contributed by atoms with van der Waals surface area (Å²) in [7, 11) is 0. The first-order valence-electron chi connectivity index (χ1n) is 8.60. The molecule has 0 bridgehead atoms. The lowest BCUT2D eigenvalue weighted by Crippen LogP contribution is -1.99. The van der Waals surface area contributed by atoms with Crippen molar-refractivity contribution >= 4 is 22.1 Å². The van der Waals surface area contributed by atoms with Crippen LogP contribution >= 0.6 is 11.3 Å². The summed E-state index contributed by atoms with van der Waals surface area (Å²) in [5.74, 6) is 1.01. The van der Waals surface area contributed by atoms with Crippen LogP contribution in [-0.4, -0.2) is 6.61 Å². The van der Waals surface area contributed by atoms with Gasteiger partial charge in [0, 0.05) is 11.8 Å². The number of ether oxygens (including phenoxy) is 1. The summed E-state index contributed by atoms with van der Waals surface area (Å²) in [6.45, 7) is 2.72. The maximum Gasteiger partial charge on any atom is 0.130 e. The molecular formula is C23H20OS. The molecular weight excluding hydrogens is 324 g/mol. The van der Waals surface area contributed by atoms with Crippen molar-refractivity contribution in [3.63, 3.8) is 0 Å². The van der Waals surface area contributed by atoms with Crippen LogP contribution in [0.3, 0.4) is 0 Å². The first kappa shape index (κ1) is 15.9. The van der Waals surface area contributed by atoms with Crippen LogP contribution in [0.4, 0.5) is 0 Å². The average molecular weight is 344 g/mol. The van der Waals surface area contributed by atoms with Gasteiger partial charge in [0.2, 0.25) is 0 Å². The molecule has 2 heteroatoms. The summed E-state index contributed by atoms with van der Waals surface area (Å²) >= 11 is 1.74. The minimum Gasteiger partial charge on any atom is -0.493 e. The van der Waals surface area contributed by atoms with E-state index in [9.17, 15) is 0 Å². The number of benzene rings is 3. The van der Waals surface area contributed by atoms with Crippen molar-refractivity contribution in [2.75, 3.05) is 6.61 Å². The van der Waals surface area contributed by atoms with Gasteiger partial charge in [-0.05, 0) is 51.4 Å². The predicted octanol–water partition coefficient (Wildman–Crippen LogP) is 6.56. The largest absolute Gasteiger partial charge is 0.493 e. The van der Waals surface area contributed by atoms with Gasteiger partial charge in [0.15, 0.2) is 0 Å². The van der Waals surface area contributed by atoms with Crippen molar-refractivity contribution in [2.45, 2.75) is 13.3 Å². The zero-order chi connectivity index (χ0) is 17.1. The fraction of sp³-hybridized carbons (Fsp3) is 0.130. The third-order valence-corrected chi connectivity index (χ3v) is 5.16. The van der Waals surface area contributed by atoms with Gasteiger partial charge >= 0.3 is 0 Å². The topological polar surface area (TPSA) is 9.23 Å². The highest BCUT2D eigenvalue weighted by molar-refractivity contribution is 7.08. The SMILES string of the molecule is CCOc1c(Cc2ccccc2-c2ccsc2)ccc2ccccc12. The van der Waals surface area contributed by atoms with Gasteiger partial charge in [0.1, 0.15) is 5.75 Å². The molecule has 124 valence electrons. The first-order valence-corrected chi connectivity index (χ1v) is 9.55. The van der Waals surface area contributed by atoms with Gasteiger partial charge in [-0.3, -0.25) is 0 Å². The molecule has 0 saturated heterocycles. The normalized spacial score (nSPS) is 10.9. The van der Waals surface area contributed by atoms with Gasteiger partial charge in [-0.2, -0.15) is 11.3 Å². The van der Waals surface area contributed by atoms with Gasteiger partial charge in [0.05, 0.1) is 6.61 Å². The summed E-state index contributed by atoms with van der Waals surface area (Å²) in [6.07, 6.45) is 0.867. The van der Waals surface area contributed by atoms with Crippen LogP contribution in [0.5, 0.6) is 5.75 Å². The fourth-order valence-corrected chi connectivity index (χ4v) is 3.98. The van der Waals surface area contributed by atoms with E-state index in [-0.39, 0.29) is 0 Å². The molecule has 1 heterocycles. The van der Waals surface area contributed by atoms with Crippen LogP contribution in [0.1, 0.15) is 18.1 Å². The molecule has 0 spiro atoms. The van der Waals surface area contributed by atoms with Crippen molar-refractivity contribution in [3.8, 4) is 16.9 Å². The maximum atomic E-state index is 6.06. The van der Waals surface area contributed by atoms with Crippen molar-refractivity contribution in [2.24, 2.45) is 0 Å². The predicted molar refractivity (Wildman–Crippen MR) is 108 cm³/mol. The molecule has 0 radical (unpaired) electrons. The van der Waals surface area contributed by atoms with Crippen molar-refractivity contribution in [3.05, 3.63) is 88.6 Å². The van der Waals surface area contributed by atoms with E-state index in [4.69, 9.17) is 4.74 Å². The van der Waals surface area contributed by atoms with Crippen LogP contribution in [0.15, 0.2) is 77.5 Å². The Labute approximate surface area is 152 Å². The molecule has 0 N–H and O–H groups in total. The summed E-state index contributed by atoms with van der Waals surface area (Å²) < 4.78 is 6.06. The summed E-state index contributed by atoms with van der Waals surface area (Å²) in [5.41, 5.74) is 5.17. The Hall–Kier alpha value is -2.58. The highest BCUT2D eigenvalue weighted by Crippen LogP contribution is 2.34. The average Bonchev–Trinajstić information content (AvgIpc) is 3.19. The van der Waals surface area contributed by atoms with Crippen LogP contribution < -0.4 is 4.74 Å². The zero-order valence-corrected chi connectivity index (χ0v) is 15.1. The molecule has 0 aliphatic rings. The van der Waals surface area contributed by atoms with Gasteiger partial charge in [0.25, 0.3) is 0 Å². The van der Waals surface area contributed by atoms with Crippen molar-refractivity contribution in [1.29, 1.82) is 0 Å². The van der Waals surface area contributed by atoms with Gasteiger partial charge in [-0.25, -0.2) is 0 Å². The van der Waals surface area contributed by atoms with Gasteiger partial charge < -0.3 is 4.74 Å². The monoisotopic (exact) mass is 344 g/mol. The highest BCUT2D eigenvalue weighted by atomic mass is 32.1. The van der Waals surface area contributed by atoms with E-state index in [1.54, 1.807) is 11.3 Å². The molecule has 4 rings (SSSR count). The fourth-order valence-electron chi connectivity index (χ4n) is 3.32. The third-order valence-electron chi connectivity index (χ3n) is 4.48. The van der Waals surface area contributed by atoms with Crippen LogP contribution in [0, 0.1) is 0 Å². The number of hydrogen-bond acceptors (Lipinski definition) is 2. The minimum atomic E-state index is 0.674. The number of thiophene rings is 1. The Morgan fingerprint density at radius 3 is 2.52 bits per heavy atom. The molecule has 0 aliphatic heterocycles. The second-order valence-electron chi connectivity index (χ2n) is 6.05. The van der Waals surface area contributed by atoms with Crippen LogP contribution in [-0.2, 0) is 6.42 Å². The molecule has 4 aromatic rings. The highest BCUT2D eigenvalue weighted by Gasteiger charge is 2.12. The molecule has 3 aromatic carbocycles. The van der Waals surface area contributed by atoms with E-state index >= 15 is 0 Å². The van der Waals surface area contributed by atoms with E-state index in [2.05, 4.69) is 77.5 Å². The zero-order valence-electron chi connectivity index (χ0n) is 14.2. The molecule has 0 fully saturated rings. The Morgan fingerprint density at radius 1 is 0.840 bits per heavy atom. The lowest BCUT2D eigenvalue weighted by Gasteiger charge is -2.15. The second kappa shape index (κ2) is 7.12. The maximum absolute atomic E-state index is 6.06. The van der Waals surface area contributed by atoms with Crippen molar-refractivity contribution in [1.82, 2.24) is 0 Å².